The van der Waals surface area contributed by atoms with Crippen molar-refractivity contribution in [3.8, 4) is 0 Å². The lowest BCUT2D eigenvalue weighted by Crippen LogP contribution is -2.42. The number of carbonyl (C=O) groups excluding carboxylic acids is 1. The molecular weight excluding hydrogens is 280 g/mol. The molecule has 5 nitrogen and oxygen atoms in total. The number of nitro groups is 1. The molecule has 1 saturated carbocycles. The number of nitrogens with one attached hydrogen (secondary N) is 1. The Hall–Kier alpha value is -1.62. The highest BCUT2D eigenvalue weighted by Gasteiger charge is 2.26. The Balaban J connectivity index is 2.07. The zero-order chi connectivity index (χ0) is 14.5. The number of non-ortho nitro benzene ring substituents is 1. The minimum atomic E-state index is -0.501. The molecule has 20 heavy (non-hydrogen) atoms. The van der Waals surface area contributed by atoms with Gasteiger partial charge in [0.25, 0.3) is 11.6 Å². The highest BCUT2D eigenvalue weighted by atomic mass is 35.5. The lowest BCUT2D eigenvalue weighted by Gasteiger charge is -2.30. The van der Waals surface area contributed by atoms with E-state index in [2.05, 4.69) is 5.32 Å². The van der Waals surface area contributed by atoms with E-state index >= 15 is 0 Å². The van der Waals surface area contributed by atoms with Crippen molar-refractivity contribution in [2.45, 2.75) is 31.7 Å². The quantitative estimate of drug-likeness (QED) is 0.527. The van der Waals surface area contributed by atoms with Crippen LogP contribution in [0.3, 0.4) is 0 Å². The number of hydrogen-bond donors (Lipinski definition) is 1. The molecule has 2 rings (SSSR count). The second-order valence-electron chi connectivity index (χ2n) is 5.09. The van der Waals surface area contributed by atoms with Gasteiger partial charge < -0.3 is 5.32 Å². The molecule has 0 aliphatic heterocycles. The largest absolute Gasteiger partial charge is 0.349 e. The van der Waals surface area contributed by atoms with E-state index in [1.54, 1.807) is 6.07 Å². The van der Waals surface area contributed by atoms with Crippen molar-refractivity contribution < 1.29 is 9.72 Å². The van der Waals surface area contributed by atoms with Gasteiger partial charge in [0, 0.05) is 29.6 Å². The average Bonchev–Trinajstić information content (AvgIpc) is 2.48. The lowest BCUT2D eigenvalue weighted by molar-refractivity contribution is -0.384. The maximum Gasteiger partial charge on any atom is 0.270 e. The minimum Gasteiger partial charge on any atom is -0.349 e. The minimum absolute atomic E-state index is 0.0630. The van der Waals surface area contributed by atoms with Crippen molar-refractivity contribution in [2.24, 2.45) is 5.92 Å². The summed E-state index contributed by atoms with van der Waals surface area (Å²) in [5.41, 5.74) is 0.244. The van der Waals surface area contributed by atoms with Crippen LogP contribution in [0.1, 0.15) is 36.0 Å². The van der Waals surface area contributed by atoms with Crippen LogP contribution in [0.4, 0.5) is 5.69 Å². The normalized spacial score (nSPS) is 22.2. The van der Waals surface area contributed by atoms with Gasteiger partial charge in [-0.3, -0.25) is 14.9 Å². The molecule has 0 aromatic heterocycles. The summed E-state index contributed by atoms with van der Waals surface area (Å²) >= 11 is 5.93. The summed E-state index contributed by atoms with van der Waals surface area (Å²) in [6.07, 6.45) is 4.15. The van der Waals surface area contributed by atoms with Crippen LogP contribution < -0.4 is 5.32 Å². The summed E-state index contributed by atoms with van der Waals surface area (Å²) in [5, 5.41) is 13.7. The number of halogens is 1. The van der Waals surface area contributed by atoms with Gasteiger partial charge in [-0.1, -0.05) is 18.9 Å². The fourth-order valence-electron chi connectivity index (χ4n) is 2.59. The first-order valence-corrected chi connectivity index (χ1v) is 7.26. The Bertz CT molecular complexity index is 507. The summed E-state index contributed by atoms with van der Waals surface area (Å²) in [6, 6.07) is 5.84. The van der Waals surface area contributed by atoms with Crippen LogP contribution in [0.2, 0.25) is 0 Å². The van der Waals surface area contributed by atoms with Crippen LogP contribution in [-0.4, -0.2) is 22.8 Å². The van der Waals surface area contributed by atoms with E-state index in [9.17, 15) is 14.9 Å². The predicted octanol–water partition coefficient (Wildman–Crippen LogP) is 3.12. The van der Waals surface area contributed by atoms with Crippen LogP contribution in [0.5, 0.6) is 0 Å². The summed E-state index contributed by atoms with van der Waals surface area (Å²) in [7, 11) is 0. The molecule has 1 aromatic carbocycles. The molecule has 6 heteroatoms. The third kappa shape index (κ3) is 3.48. The van der Waals surface area contributed by atoms with Gasteiger partial charge in [-0.2, -0.15) is 0 Å². The van der Waals surface area contributed by atoms with Gasteiger partial charge in [0.1, 0.15) is 0 Å². The molecule has 0 radical (unpaired) electrons. The van der Waals surface area contributed by atoms with Gasteiger partial charge in [-0.15, -0.1) is 11.6 Å². The Morgan fingerprint density at radius 3 is 2.85 bits per heavy atom. The van der Waals surface area contributed by atoms with Crippen LogP contribution in [0.15, 0.2) is 24.3 Å². The topological polar surface area (TPSA) is 72.2 Å². The molecule has 0 bridgehead atoms. The zero-order valence-corrected chi connectivity index (χ0v) is 11.8. The van der Waals surface area contributed by atoms with Crippen molar-refractivity contribution >= 4 is 23.2 Å². The Morgan fingerprint density at radius 2 is 2.15 bits per heavy atom. The molecule has 1 aliphatic carbocycles. The van der Waals surface area contributed by atoms with Gasteiger partial charge in [0.05, 0.1) is 4.92 Å². The highest BCUT2D eigenvalue weighted by Crippen LogP contribution is 2.25. The second kappa shape index (κ2) is 6.70. The van der Waals surface area contributed by atoms with Crippen molar-refractivity contribution in [3.63, 3.8) is 0 Å². The number of amides is 1. The summed E-state index contributed by atoms with van der Waals surface area (Å²) in [5.74, 6) is 0.545. The lowest BCUT2D eigenvalue weighted by atomic mass is 9.85. The molecule has 2 unspecified atom stereocenters. The first-order chi connectivity index (χ1) is 9.61. The van der Waals surface area contributed by atoms with E-state index in [0.717, 1.165) is 25.7 Å². The molecule has 1 aliphatic rings. The van der Waals surface area contributed by atoms with Gasteiger partial charge in [0.2, 0.25) is 0 Å². The smallest absolute Gasteiger partial charge is 0.270 e. The van der Waals surface area contributed by atoms with Crippen LogP contribution >= 0.6 is 11.6 Å². The van der Waals surface area contributed by atoms with E-state index in [0.29, 0.717) is 11.4 Å². The third-order valence-corrected chi connectivity index (χ3v) is 4.14. The maximum absolute atomic E-state index is 12.2. The molecular formula is C14H17ClN2O3. The zero-order valence-electron chi connectivity index (χ0n) is 11.0. The van der Waals surface area contributed by atoms with Crippen LogP contribution in [-0.2, 0) is 0 Å². The number of alkyl halides is 1. The number of nitrogens with zero attached hydrogens (tertiary/aromatic N) is 1. The standard InChI is InChI=1S/C14H17ClN2O3/c15-9-11-4-1-2-7-13(11)16-14(18)10-5-3-6-12(8-10)17(19)20/h3,5-6,8,11,13H,1-2,4,7,9H2,(H,16,18). The number of hydrogen-bond acceptors (Lipinski definition) is 3. The molecule has 108 valence electrons. The van der Waals surface area contributed by atoms with E-state index in [1.807, 2.05) is 0 Å². The van der Waals surface area contributed by atoms with Crippen molar-refractivity contribution in [3.05, 3.63) is 39.9 Å². The van der Waals surface area contributed by atoms with Crippen molar-refractivity contribution in [1.29, 1.82) is 0 Å². The van der Waals surface area contributed by atoms with E-state index in [4.69, 9.17) is 11.6 Å². The van der Waals surface area contributed by atoms with Gasteiger partial charge in [0.15, 0.2) is 0 Å². The molecule has 0 saturated heterocycles. The Morgan fingerprint density at radius 1 is 1.40 bits per heavy atom. The van der Waals surface area contributed by atoms with Crippen LogP contribution in [0.25, 0.3) is 0 Å². The highest BCUT2D eigenvalue weighted by molar-refractivity contribution is 6.18. The van der Waals surface area contributed by atoms with Gasteiger partial charge >= 0.3 is 0 Å². The summed E-state index contributed by atoms with van der Waals surface area (Å²) in [6.45, 7) is 0. The third-order valence-electron chi connectivity index (χ3n) is 3.74. The molecule has 2 atom stereocenters. The summed E-state index contributed by atoms with van der Waals surface area (Å²) < 4.78 is 0. The van der Waals surface area contributed by atoms with Gasteiger partial charge in [-0.25, -0.2) is 0 Å². The van der Waals surface area contributed by atoms with Gasteiger partial charge in [-0.05, 0) is 24.8 Å². The summed E-state index contributed by atoms with van der Waals surface area (Å²) in [4.78, 5) is 22.4. The molecule has 0 heterocycles. The molecule has 1 amide bonds. The molecule has 0 spiro atoms. The maximum atomic E-state index is 12.2. The Labute approximate surface area is 122 Å². The monoisotopic (exact) mass is 296 g/mol. The van der Waals surface area contributed by atoms with E-state index in [1.165, 1.54) is 18.2 Å². The van der Waals surface area contributed by atoms with E-state index < -0.39 is 4.92 Å². The fraction of sp³-hybridized carbons (Fsp3) is 0.500. The molecule has 1 N–H and O–H groups in total. The van der Waals surface area contributed by atoms with Crippen LogP contribution in [0, 0.1) is 16.0 Å². The number of carbonyl (C=O) groups is 1. The number of nitro benzene ring substituents is 1. The molecule has 1 fully saturated rings. The average molecular weight is 297 g/mol. The first-order valence-electron chi connectivity index (χ1n) is 6.73. The van der Waals surface area contributed by atoms with E-state index in [-0.39, 0.29) is 23.6 Å². The first kappa shape index (κ1) is 14.8. The second-order valence-corrected chi connectivity index (χ2v) is 5.39. The predicted molar refractivity (Wildman–Crippen MR) is 77.0 cm³/mol. The number of rotatable bonds is 4. The number of benzene rings is 1. The SMILES string of the molecule is O=C(NC1CCCCC1CCl)c1cccc([N+](=O)[O-])c1. The van der Waals surface area contributed by atoms with Crippen molar-refractivity contribution in [1.82, 2.24) is 5.32 Å². The fourth-order valence-corrected chi connectivity index (χ4v) is 2.96. The molecule has 1 aromatic rings. The van der Waals surface area contributed by atoms with Crippen molar-refractivity contribution in [2.75, 3.05) is 5.88 Å². The Kier molecular flexibility index (Phi) is 4.95.